The number of rotatable bonds is 10. The van der Waals surface area contributed by atoms with Crippen molar-refractivity contribution < 1.29 is 24.1 Å². The van der Waals surface area contributed by atoms with Crippen LogP contribution in [0.5, 0.6) is 11.5 Å². The lowest BCUT2D eigenvalue weighted by atomic mass is 10.00. The zero-order chi connectivity index (χ0) is 27.2. The van der Waals surface area contributed by atoms with Gasteiger partial charge in [-0.15, -0.1) is 0 Å². The number of piperidine rings is 1. The summed E-state index contributed by atoms with van der Waals surface area (Å²) in [6.07, 6.45) is 2.25. The van der Waals surface area contributed by atoms with Crippen LogP contribution in [-0.4, -0.2) is 103 Å². The predicted octanol–water partition coefficient (Wildman–Crippen LogP) is 3.21. The minimum atomic E-state index is -0.630. The molecule has 1 N–H and O–H groups in total. The molecule has 212 valence electrons. The van der Waals surface area contributed by atoms with Crippen molar-refractivity contribution in [3.63, 3.8) is 0 Å². The van der Waals surface area contributed by atoms with E-state index in [0.717, 1.165) is 70.9 Å². The summed E-state index contributed by atoms with van der Waals surface area (Å²) in [5.41, 5.74) is 3.24. The monoisotopic (exact) mass is 537 g/mol. The first-order chi connectivity index (χ1) is 19.0. The number of β-amino-alcohol motifs (C(OH)–C–C–N with tert-alkyl or cyclic N) is 1. The van der Waals surface area contributed by atoms with Crippen LogP contribution in [0.1, 0.15) is 48.2 Å². The molecular formula is C31H43N3O5. The summed E-state index contributed by atoms with van der Waals surface area (Å²) in [6, 6.07) is 14.0. The van der Waals surface area contributed by atoms with Crippen molar-refractivity contribution in [2.45, 2.75) is 58.0 Å². The number of carbonyl (C=O) groups excluding carboxylic acids is 1. The first-order valence-electron chi connectivity index (χ1n) is 14.5. The molecule has 2 atom stereocenters. The normalized spacial score (nSPS) is 21.6. The van der Waals surface area contributed by atoms with E-state index < -0.39 is 6.10 Å². The molecular weight excluding hydrogens is 494 g/mol. The second-order valence-corrected chi connectivity index (χ2v) is 11.1. The fourth-order valence-electron chi connectivity index (χ4n) is 5.93. The van der Waals surface area contributed by atoms with Gasteiger partial charge in [-0.05, 0) is 56.4 Å². The number of likely N-dealkylation sites (tertiary alicyclic amines) is 1. The Kier molecular flexibility index (Phi) is 9.40. The molecule has 0 aromatic heterocycles. The highest BCUT2D eigenvalue weighted by atomic mass is 16.5. The Morgan fingerprint density at radius 1 is 1.05 bits per heavy atom. The Hall–Kier alpha value is -2.65. The van der Waals surface area contributed by atoms with Gasteiger partial charge in [0.15, 0.2) is 0 Å². The van der Waals surface area contributed by atoms with Crippen LogP contribution in [0.3, 0.4) is 0 Å². The molecule has 2 aromatic rings. The Morgan fingerprint density at radius 3 is 2.64 bits per heavy atom. The highest BCUT2D eigenvalue weighted by Gasteiger charge is 2.30. The number of aliphatic hydroxyl groups is 1. The third kappa shape index (κ3) is 7.31. The third-order valence-electron chi connectivity index (χ3n) is 7.98. The molecule has 3 aliphatic rings. The predicted molar refractivity (Wildman–Crippen MR) is 150 cm³/mol. The molecule has 0 saturated carbocycles. The lowest BCUT2D eigenvalue weighted by Gasteiger charge is -2.32. The second-order valence-electron chi connectivity index (χ2n) is 11.1. The minimum Gasteiger partial charge on any atom is -0.490 e. The number of aliphatic hydroxyl groups excluding tert-OH is 1. The van der Waals surface area contributed by atoms with E-state index in [1.54, 1.807) is 4.90 Å². The van der Waals surface area contributed by atoms with Gasteiger partial charge in [-0.25, -0.2) is 0 Å². The van der Waals surface area contributed by atoms with E-state index in [0.29, 0.717) is 24.4 Å². The van der Waals surface area contributed by atoms with Gasteiger partial charge < -0.3 is 29.1 Å². The maximum Gasteiger partial charge on any atom is 0.257 e. The minimum absolute atomic E-state index is 0.105. The summed E-state index contributed by atoms with van der Waals surface area (Å²) in [6.45, 7) is 11.5. The molecule has 39 heavy (non-hydrogen) atoms. The summed E-state index contributed by atoms with van der Waals surface area (Å²) < 4.78 is 18.0. The van der Waals surface area contributed by atoms with Gasteiger partial charge >= 0.3 is 0 Å². The van der Waals surface area contributed by atoms with Crippen molar-refractivity contribution in [3.8, 4) is 11.5 Å². The quantitative estimate of drug-likeness (QED) is 0.467. The average Bonchev–Trinajstić information content (AvgIpc) is 3.04. The lowest BCUT2D eigenvalue weighted by Crippen LogP contribution is -2.45. The number of carbonyl (C=O) groups is 1. The third-order valence-corrected chi connectivity index (χ3v) is 7.98. The number of nitrogens with zero attached hydrogens (tertiary/aromatic N) is 3. The first kappa shape index (κ1) is 27.9. The first-order valence-corrected chi connectivity index (χ1v) is 14.5. The summed E-state index contributed by atoms with van der Waals surface area (Å²) in [5.74, 6) is 1.19. The molecule has 2 aromatic carbocycles. The number of ether oxygens (including phenoxy) is 3. The van der Waals surface area contributed by atoms with Crippen LogP contribution in [0.2, 0.25) is 0 Å². The summed E-state index contributed by atoms with van der Waals surface area (Å²) in [4.78, 5) is 19.9. The van der Waals surface area contributed by atoms with Crippen LogP contribution < -0.4 is 9.47 Å². The molecule has 3 aliphatic heterocycles. The summed E-state index contributed by atoms with van der Waals surface area (Å²) in [5, 5.41) is 10.9. The SMILES string of the molecule is CCOCCN1CCC(Oc2ccc3c(c2)O[C@H](C)CN(C[C@H](O)CN2CCc4ccccc4C2)C3=O)CC1. The maximum absolute atomic E-state index is 13.5. The molecule has 1 amide bonds. The molecule has 0 aliphatic carbocycles. The van der Waals surface area contributed by atoms with Crippen LogP contribution in [-0.2, 0) is 17.7 Å². The molecule has 0 bridgehead atoms. The molecule has 1 saturated heterocycles. The van der Waals surface area contributed by atoms with Gasteiger partial charge in [-0.3, -0.25) is 9.69 Å². The van der Waals surface area contributed by atoms with E-state index in [1.165, 1.54) is 11.1 Å². The molecule has 8 nitrogen and oxygen atoms in total. The van der Waals surface area contributed by atoms with E-state index in [2.05, 4.69) is 34.1 Å². The van der Waals surface area contributed by atoms with Crippen molar-refractivity contribution in [3.05, 3.63) is 59.2 Å². The maximum atomic E-state index is 13.5. The van der Waals surface area contributed by atoms with E-state index >= 15 is 0 Å². The van der Waals surface area contributed by atoms with Crippen molar-refractivity contribution in [1.29, 1.82) is 0 Å². The van der Waals surface area contributed by atoms with Crippen LogP contribution in [0.15, 0.2) is 42.5 Å². The lowest BCUT2D eigenvalue weighted by molar-refractivity contribution is 0.0454. The highest BCUT2D eigenvalue weighted by molar-refractivity contribution is 5.97. The summed E-state index contributed by atoms with van der Waals surface area (Å²) in [7, 11) is 0. The molecule has 0 radical (unpaired) electrons. The van der Waals surface area contributed by atoms with Crippen molar-refractivity contribution in [1.82, 2.24) is 14.7 Å². The smallest absolute Gasteiger partial charge is 0.257 e. The Labute approximate surface area is 232 Å². The van der Waals surface area contributed by atoms with Crippen LogP contribution >= 0.6 is 0 Å². The number of amides is 1. The van der Waals surface area contributed by atoms with E-state index in [4.69, 9.17) is 14.2 Å². The molecule has 0 spiro atoms. The number of hydrogen-bond acceptors (Lipinski definition) is 7. The molecule has 0 unspecified atom stereocenters. The molecule has 3 heterocycles. The van der Waals surface area contributed by atoms with Crippen molar-refractivity contribution in [2.75, 3.05) is 59.0 Å². The number of hydrogen-bond donors (Lipinski definition) is 1. The molecule has 1 fully saturated rings. The fraction of sp³-hybridized carbons (Fsp3) is 0.581. The zero-order valence-corrected chi connectivity index (χ0v) is 23.4. The largest absolute Gasteiger partial charge is 0.490 e. The zero-order valence-electron chi connectivity index (χ0n) is 23.4. The standard InChI is InChI=1S/C31H43N3O5/c1-3-37-17-16-32-14-11-27(12-15-32)39-28-8-9-29-30(18-28)38-23(2)19-34(31(29)36)22-26(35)21-33-13-10-24-6-4-5-7-25(24)20-33/h4-9,18,23,26-27,35H,3,10-17,19-22H2,1-2H3/t23-,26-/m1/s1. The van der Waals surface area contributed by atoms with Crippen molar-refractivity contribution >= 4 is 5.91 Å². The fourth-order valence-corrected chi connectivity index (χ4v) is 5.93. The topological polar surface area (TPSA) is 74.7 Å². The van der Waals surface area contributed by atoms with Crippen LogP contribution in [0, 0.1) is 0 Å². The molecule has 8 heteroatoms. The number of fused-ring (bicyclic) bond motifs is 2. The van der Waals surface area contributed by atoms with E-state index in [-0.39, 0.29) is 24.7 Å². The highest BCUT2D eigenvalue weighted by Crippen LogP contribution is 2.31. The second kappa shape index (κ2) is 13.1. The summed E-state index contributed by atoms with van der Waals surface area (Å²) >= 11 is 0. The van der Waals surface area contributed by atoms with Crippen LogP contribution in [0.25, 0.3) is 0 Å². The number of benzene rings is 2. The average molecular weight is 538 g/mol. The van der Waals surface area contributed by atoms with Gasteiger partial charge in [-0.2, -0.15) is 0 Å². The Bertz CT molecular complexity index is 1100. The van der Waals surface area contributed by atoms with Gasteiger partial charge in [-0.1, -0.05) is 24.3 Å². The van der Waals surface area contributed by atoms with E-state index in [1.807, 2.05) is 32.0 Å². The van der Waals surface area contributed by atoms with Gasteiger partial charge in [0, 0.05) is 58.5 Å². The van der Waals surface area contributed by atoms with Crippen molar-refractivity contribution in [2.24, 2.45) is 0 Å². The Balaban J connectivity index is 1.15. The van der Waals surface area contributed by atoms with Gasteiger partial charge in [0.1, 0.15) is 23.7 Å². The molecule has 5 rings (SSSR count). The van der Waals surface area contributed by atoms with Gasteiger partial charge in [0.2, 0.25) is 0 Å². The van der Waals surface area contributed by atoms with Crippen LogP contribution in [0.4, 0.5) is 0 Å². The van der Waals surface area contributed by atoms with Gasteiger partial charge in [0.05, 0.1) is 24.8 Å². The van der Waals surface area contributed by atoms with E-state index in [9.17, 15) is 9.90 Å². The Morgan fingerprint density at radius 2 is 1.85 bits per heavy atom. The van der Waals surface area contributed by atoms with Gasteiger partial charge in [0.25, 0.3) is 5.91 Å².